The summed E-state index contributed by atoms with van der Waals surface area (Å²) in [6.45, 7) is 1.77. The minimum Gasteiger partial charge on any atom is -0.507 e. The number of rotatable bonds is 5. The number of ketones is 1. The lowest BCUT2D eigenvalue weighted by molar-refractivity contribution is 0.0454. The molecule has 196 valence electrons. The molecule has 3 aromatic rings. The van der Waals surface area contributed by atoms with Crippen molar-refractivity contribution >= 4 is 17.4 Å². The Bertz CT molecular complexity index is 1510. The largest absolute Gasteiger partial charge is 0.507 e. The number of Topliss-reactive ketones (excluding diaryl/α,β-unsaturated/α-hetero) is 1. The van der Waals surface area contributed by atoms with Crippen LogP contribution in [0.1, 0.15) is 27.1 Å². The Morgan fingerprint density at radius 1 is 0.974 bits per heavy atom. The number of carbonyl (C=O) groups excluding carboxylic acids is 2. The average Bonchev–Trinajstić information content (AvgIpc) is 3.17. The number of allylic oxidation sites excluding steroid dienone is 1. The molecule has 0 bridgehead atoms. The van der Waals surface area contributed by atoms with Gasteiger partial charge in [-0.2, -0.15) is 0 Å². The molecule has 2 heterocycles. The number of ether oxygens (including phenoxy) is 1. The monoisotopic (exact) mass is 519 g/mol. The fourth-order valence-corrected chi connectivity index (χ4v) is 5.60. The number of phenolic OH excluding ortho intramolecular Hbond substituents is 1. The molecule has 2 aliphatic heterocycles. The van der Waals surface area contributed by atoms with Gasteiger partial charge in [0.05, 0.1) is 36.4 Å². The van der Waals surface area contributed by atoms with Gasteiger partial charge < -0.3 is 25.4 Å². The molecule has 1 aliphatic carbocycles. The van der Waals surface area contributed by atoms with Crippen LogP contribution >= 0.6 is 0 Å². The summed E-state index contributed by atoms with van der Waals surface area (Å²) in [5.74, 6) is -0.948. The van der Waals surface area contributed by atoms with Gasteiger partial charge in [-0.15, -0.1) is 0 Å². The predicted octanol–water partition coefficient (Wildman–Crippen LogP) is 5.10. The van der Waals surface area contributed by atoms with Gasteiger partial charge in [0.15, 0.2) is 5.78 Å². The van der Waals surface area contributed by atoms with Crippen molar-refractivity contribution in [2.45, 2.75) is 12.5 Å². The van der Waals surface area contributed by atoms with Gasteiger partial charge in [0, 0.05) is 36.3 Å². The number of hydrogen-bond donors (Lipinski definition) is 3. The van der Waals surface area contributed by atoms with Gasteiger partial charge >= 0.3 is 0 Å². The zero-order valence-corrected chi connectivity index (χ0v) is 21.3. The van der Waals surface area contributed by atoms with Crippen molar-refractivity contribution in [1.29, 1.82) is 0 Å². The van der Waals surface area contributed by atoms with E-state index in [-0.39, 0.29) is 35.0 Å². The van der Waals surface area contributed by atoms with Crippen molar-refractivity contribution in [3.63, 3.8) is 0 Å². The van der Waals surface area contributed by atoms with Crippen molar-refractivity contribution in [2.75, 3.05) is 25.1 Å². The summed E-state index contributed by atoms with van der Waals surface area (Å²) < 4.78 is 5.63. The van der Waals surface area contributed by atoms with Gasteiger partial charge in [-0.05, 0) is 41.3 Å². The van der Waals surface area contributed by atoms with Crippen molar-refractivity contribution in [1.82, 2.24) is 10.2 Å². The molecular weight excluding hydrogens is 490 g/mol. The maximum atomic E-state index is 13.8. The van der Waals surface area contributed by atoms with Gasteiger partial charge in [0.25, 0.3) is 5.91 Å². The van der Waals surface area contributed by atoms with Gasteiger partial charge in [-0.25, -0.2) is 0 Å². The highest BCUT2D eigenvalue weighted by atomic mass is 16.5. The fraction of sp³-hybridized carbons (Fsp3) is 0.188. The number of phenols is 1. The number of nitrogens with zero attached hydrogens (tertiary/aromatic N) is 1. The van der Waals surface area contributed by atoms with Crippen molar-refractivity contribution in [3.8, 4) is 16.9 Å². The zero-order valence-electron chi connectivity index (χ0n) is 21.3. The predicted molar refractivity (Wildman–Crippen MR) is 150 cm³/mol. The summed E-state index contributed by atoms with van der Waals surface area (Å²) in [4.78, 5) is 29.3. The molecule has 3 aliphatic rings. The van der Waals surface area contributed by atoms with E-state index in [2.05, 4.69) is 21.6 Å². The Balaban J connectivity index is 1.24. The molecule has 1 saturated heterocycles. The Morgan fingerprint density at radius 3 is 2.64 bits per heavy atom. The number of aromatic hydroxyl groups is 1. The first-order valence-corrected chi connectivity index (χ1v) is 13.1. The molecule has 2 unspecified atom stereocenters. The van der Waals surface area contributed by atoms with Gasteiger partial charge in [-0.3, -0.25) is 9.59 Å². The molecule has 1 amide bonds. The molecule has 7 nitrogen and oxygen atoms in total. The quantitative estimate of drug-likeness (QED) is 0.407. The first-order valence-electron chi connectivity index (χ1n) is 13.1. The highest BCUT2D eigenvalue weighted by molar-refractivity contribution is 6.09. The number of anilines is 1. The highest BCUT2D eigenvalue weighted by Crippen LogP contribution is 2.36. The van der Waals surface area contributed by atoms with E-state index in [1.165, 1.54) is 6.07 Å². The van der Waals surface area contributed by atoms with E-state index in [1.807, 2.05) is 67.0 Å². The van der Waals surface area contributed by atoms with Crippen LogP contribution in [0.3, 0.4) is 0 Å². The van der Waals surface area contributed by atoms with Crippen LogP contribution in [0.4, 0.5) is 5.69 Å². The molecule has 7 heteroatoms. The molecule has 6 rings (SSSR count). The van der Waals surface area contributed by atoms with Crippen molar-refractivity contribution in [2.24, 2.45) is 5.92 Å². The second-order valence-electron chi connectivity index (χ2n) is 9.84. The Morgan fingerprint density at radius 2 is 1.79 bits per heavy atom. The maximum absolute atomic E-state index is 13.8. The molecular formula is C32H29N3O4. The number of amides is 1. The molecule has 39 heavy (non-hydrogen) atoms. The molecule has 3 N–H and O–H groups in total. The summed E-state index contributed by atoms with van der Waals surface area (Å²) >= 11 is 0. The lowest BCUT2D eigenvalue weighted by Gasteiger charge is -2.42. The molecule has 0 radical (unpaired) electrons. The summed E-state index contributed by atoms with van der Waals surface area (Å²) in [7, 11) is 0. The van der Waals surface area contributed by atoms with Crippen molar-refractivity contribution in [3.05, 3.63) is 120 Å². The minimum absolute atomic E-state index is 0.132. The average molecular weight is 520 g/mol. The highest BCUT2D eigenvalue weighted by Gasteiger charge is 2.39. The van der Waals surface area contributed by atoms with Crippen LogP contribution in [-0.4, -0.2) is 47.5 Å². The van der Waals surface area contributed by atoms with Crippen LogP contribution in [0.15, 0.2) is 109 Å². The van der Waals surface area contributed by atoms with Gasteiger partial charge in [0.2, 0.25) is 0 Å². The summed E-state index contributed by atoms with van der Waals surface area (Å²) in [6, 6.07) is 21.7. The van der Waals surface area contributed by atoms with Crippen LogP contribution in [0.2, 0.25) is 0 Å². The molecule has 1 fully saturated rings. The number of nitrogens with one attached hydrogen (secondary N) is 2. The number of carbonyl (C=O) groups is 2. The Labute approximate surface area is 227 Å². The first-order chi connectivity index (χ1) is 19.1. The van der Waals surface area contributed by atoms with E-state index < -0.39 is 0 Å². The second kappa shape index (κ2) is 10.6. The molecule has 0 aromatic heterocycles. The van der Waals surface area contributed by atoms with E-state index in [0.717, 1.165) is 22.4 Å². The number of hydrogen-bond acceptors (Lipinski definition) is 6. The smallest absolute Gasteiger partial charge is 0.256 e. The van der Waals surface area contributed by atoms with Crippen LogP contribution in [0.25, 0.3) is 11.1 Å². The normalized spacial score (nSPS) is 19.9. The lowest BCUT2D eigenvalue weighted by atomic mass is 9.79. The minimum atomic E-state index is -0.369. The topological polar surface area (TPSA) is 90.9 Å². The number of fused-ring (bicyclic) bond motifs is 3. The summed E-state index contributed by atoms with van der Waals surface area (Å²) in [5, 5.41) is 17.0. The standard InChI is InChI=1S/C32H29N3O4/c36-29-17-23(34-32(38)26-11-5-4-10-25(26)21-7-2-1-3-8-21)13-14-27(29)31(37)28-12-6-9-22-18-33-19-24-20-39-16-15-35(24)30(22)28/h1-11,13-14,17-19,28,30,33,36H,12,15-16,20H2,(H,34,38). The number of morpholine rings is 1. The van der Waals surface area contributed by atoms with E-state index in [1.54, 1.807) is 18.2 Å². The van der Waals surface area contributed by atoms with Crippen LogP contribution < -0.4 is 10.6 Å². The second-order valence-corrected chi connectivity index (χ2v) is 9.84. The van der Waals surface area contributed by atoms with Gasteiger partial charge in [0.1, 0.15) is 5.75 Å². The van der Waals surface area contributed by atoms with Crippen LogP contribution in [-0.2, 0) is 4.74 Å². The third-order valence-corrected chi connectivity index (χ3v) is 7.47. The van der Waals surface area contributed by atoms with Crippen LogP contribution in [0.5, 0.6) is 5.75 Å². The summed E-state index contributed by atoms with van der Waals surface area (Å²) in [6.07, 6.45) is 8.48. The molecule has 3 aromatic carbocycles. The van der Waals surface area contributed by atoms with Gasteiger partial charge in [-0.1, -0.05) is 60.7 Å². The Kier molecular flexibility index (Phi) is 6.73. The fourth-order valence-electron chi connectivity index (χ4n) is 5.60. The Hall–Kier alpha value is -4.62. The van der Waals surface area contributed by atoms with E-state index in [4.69, 9.17) is 4.74 Å². The lowest BCUT2D eigenvalue weighted by Crippen LogP contribution is -2.48. The third-order valence-electron chi connectivity index (χ3n) is 7.47. The molecule has 2 atom stereocenters. The number of benzene rings is 3. The molecule has 0 saturated carbocycles. The SMILES string of the molecule is O=C(Nc1ccc(C(=O)C2CC=CC3=CNC=C4COCCN4C32)c(O)c1)c1ccccc1-c1ccccc1. The maximum Gasteiger partial charge on any atom is 0.256 e. The first kappa shape index (κ1) is 24.7. The van der Waals surface area contributed by atoms with E-state index in [0.29, 0.717) is 37.4 Å². The molecule has 0 spiro atoms. The van der Waals surface area contributed by atoms with Crippen molar-refractivity contribution < 1.29 is 19.4 Å². The zero-order chi connectivity index (χ0) is 26.8. The van der Waals surface area contributed by atoms with E-state index in [9.17, 15) is 14.7 Å². The summed E-state index contributed by atoms with van der Waals surface area (Å²) in [5.41, 5.74) is 4.96. The third kappa shape index (κ3) is 4.84. The van der Waals surface area contributed by atoms with E-state index >= 15 is 0 Å². The van der Waals surface area contributed by atoms with Crippen LogP contribution in [0, 0.1) is 5.92 Å².